The summed E-state index contributed by atoms with van der Waals surface area (Å²) in [6, 6.07) is 0. The van der Waals surface area contributed by atoms with Gasteiger partial charge in [-0.05, 0) is 18.1 Å². The average molecular weight is 126 g/mol. The Kier molecular flexibility index (Phi) is 4.98. The van der Waals surface area contributed by atoms with Gasteiger partial charge in [-0.1, -0.05) is 6.42 Å². The van der Waals surface area contributed by atoms with Crippen molar-refractivity contribution in [2.75, 3.05) is 0 Å². The van der Waals surface area contributed by atoms with Crippen LogP contribution in [-0.4, -0.2) is 5.25 Å². The molecule has 7 heavy (non-hydrogen) atoms. The predicted molar refractivity (Wildman–Crippen MR) is 32.6 cm³/mol. The van der Waals surface area contributed by atoms with Crippen molar-refractivity contribution in [2.24, 2.45) is 0 Å². The predicted octanol–water partition coefficient (Wildman–Crippen LogP) is -1.26. The van der Waals surface area contributed by atoms with Crippen molar-refractivity contribution in [1.82, 2.24) is 0 Å². The van der Waals surface area contributed by atoms with E-state index in [4.69, 9.17) is 11.7 Å². The molecule has 0 bridgehead atoms. The Hall–Kier alpha value is 1.30. The van der Waals surface area contributed by atoms with Gasteiger partial charge in [0.25, 0.3) is 0 Å². The van der Waals surface area contributed by atoms with Crippen LogP contribution in [0.5, 0.6) is 0 Å². The molecule has 0 heterocycles. The molecule has 0 spiro atoms. The summed E-state index contributed by atoms with van der Waals surface area (Å²) in [5.41, 5.74) is 0. The number of rotatable bonds is 1. The third-order valence-corrected chi connectivity index (χ3v) is 2.75. The van der Waals surface area contributed by atoms with Crippen LogP contribution >= 0.6 is 10.8 Å². The maximum Gasteiger partial charge on any atom is 1.00 e. The molecule has 1 aliphatic rings. The minimum absolute atomic E-state index is 0. The van der Waals surface area contributed by atoms with Crippen LogP contribution in [-0.2, 0) is 11.7 Å². The summed E-state index contributed by atoms with van der Waals surface area (Å²) in [4.78, 5) is 0. The second-order valence-corrected chi connectivity index (χ2v) is 3.09. The molecule has 1 rings (SSSR count). The maximum atomic E-state index is 4.74. The fraction of sp³-hybridized carbons (Fsp3) is 1.00. The van der Waals surface area contributed by atoms with E-state index in [1.807, 2.05) is 0 Å². The Labute approximate surface area is 65.8 Å². The van der Waals surface area contributed by atoms with Crippen molar-refractivity contribution in [3.8, 4) is 0 Å². The van der Waals surface area contributed by atoms with Gasteiger partial charge >= 0.3 is 18.9 Å². The van der Waals surface area contributed by atoms with E-state index >= 15 is 0 Å². The molecule has 0 N–H and O–H groups in total. The van der Waals surface area contributed by atoms with Crippen LogP contribution in [0.15, 0.2) is 0 Å². The molecule has 0 amide bonds. The summed E-state index contributed by atoms with van der Waals surface area (Å²) >= 11 is 4.74. The van der Waals surface area contributed by atoms with Crippen molar-refractivity contribution >= 4 is 22.5 Å². The molecule has 0 radical (unpaired) electrons. The minimum atomic E-state index is 0. The van der Waals surface area contributed by atoms with Gasteiger partial charge in [-0.25, -0.2) is 0 Å². The Balaban J connectivity index is 0.000000360. The molecule has 0 unspecified atom stereocenters. The second-order valence-electron chi connectivity index (χ2n) is 1.65. The minimum Gasteiger partial charge on any atom is -0.719 e. The molecular formula is C4H7LiS2. The van der Waals surface area contributed by atoms with Crippen LogP contribution in [0.2, 0.25) is 0 Å². The van der Waals surface area contributed by atoms with Crippen LogP contribution in [0.1, 0.15) is 19.3 Å². The standard InChI is InChI=1S/C4H8S2.Li/c5-6-4-2-1-3-4;/h4-5H,1-3H2;/q;+1/p-1. The van der Waals surface area contributed by atoms with Gasteiger partial charge in [0.1, 0.15) is 0 Å². The van der Waals surface area contributed by atoms with E-state index in [0.717, 1.165) is 5.25 Å². The molecular weight excluding hydrogens is 119 g/mol. The fourth-order valence-corrected chi connectivity index (χ4v) is 1.57. The van der Waals surface area contributed by atoms with E-state index in [9.17, 15) is 0 Å². The van der Waals surface area contributed by atoms with Crippen molar-refractivity contribution in [3.05, 3.63) is 0 Å². The van der Waals surface area contributed by atoms with Gasteiger partial charge in [-0.2, -0.15) is 0 Å². The van der Waals surface area contributed by atoms with E-state index in [1.165, 1.54) is 19.3 Å². The third-order valence-electron chi connectivity index (χ3n) is 1.19. The topological polar surface area (TPSA) is 0 Å². The first-order valence-corrected chi connectivity index (χ1v) is 4.02. The van der Waals surface area contributed by atoms with E-state index in [-0.39, 0.29) is 18.9 Å². The van der Waals surface area contributed by atoms with Gasteiger partial charge in [0, 0.05) is 0 Å². The fourth-order valence-electron chi connectivity index (χ4n) is 0.467. The van der Waals surface area contributed by atoms with Gasteiger partial charge < -0.3 is 22.5 Å². The van der Waals surface area contributed by atoms with Crippen molar-refractivity contribution in [3.63, 3.8) is 0 Å². The number of hydrogen-bond acceptors (Lipinski definition) is 2. The first kappa shape index (κ1) is 8.30. The SMILES string of the molecule is [Li+].[S-]SC1CCC1. The molecule has 0 aromatic heterocycles. The zero-order valence-electron chi connectivity index (χ0n) is 4.52. The number of hydrogen-bond donors (Lipinski definition) is 0. The Morgan fingerprint density at radius 1 is 1.43 bits per heavy atom. The zero-order chi connectivity index (χ0) is 4.41. The van der Waals surface area contributed by atoms with Gasteiger partial charge in [0.2, 0.25) is 0 Å². The average Bonchev–Trinajstić information content (AvgIpc) is 1.31. The van der Waals surface area contributed by atoms with Gasteiger partial charge in [-0.3, -0.25) is 0 Å². The molecule has 36 valence electrons. The summed E-state index contributed by atoms with van der Waals surface area (Å²) in [6.45, 7) is 0. The summed E-state index contributed by atoms with van der Waals surface area (Å²) in [5, 5.41) is 0.847. The first-order chi connectivity index (χ1) is 2.93. The third kappa shape index (κ3) is 2.37. The van der Waals surface area contributed by atoms with Crippen molar-refractivity contribution in [1.29, 1.82) is 0 Å². The molecule has 0 atom stereocenters. The van der Waals surface area contributed by atoms with Crippen LogP contribution in [0.4, 0.5) is 0 Å². The Morgan fingerprint density at radius 3 is 2.00 bits per heavy atom. The van der Waals surface area contributed by atoms with E-state index in [0.29, 0.717) is 0 Å². The van der Waals surface area contributed by atoms with Gasteiger partial charge in [-0.15, -0.1) is 0 Å². The molecule has 0 nitrogen and oxygen atoms in total. The Bertz CT molecular complexity index is 42.2. The first-order valence-electron chi connectivity index (χ1n) is 2.22. The molecule has 0 aromatic rings. The molecule has 1 saturated carbocycles. The molecule has 1 aliphatic carbocycles. The van der Waals surface area contributed by atoms with Crippen LogP contribution in [0.3, 0.4) is 0 Å². The molecule has 3 heteroatoms. The monoisotopic (exact) mass is 126 g/mol. The van der Waals surface area contributed by atoms with E-state index in [2.05, 4.69) is 0 Å². The zero-order valence-corrected chi connectivity index (χ0v) is 6.15. The largest absolute Gasteiger partial charge is 1.00 e. The maximum absolute atomic E-state index is 4.74. The summed E-state index contributed by atoms with van der Waals surface area (Å²) in [7, 11) is 1.59. The van der Waals surface area contributed by atoms with Gasteiger partial charge in [0.05, 0.1) is 0 Å². The van der Waals surface area contributed by atoms with Crippen LogP contribution in [0.25, 0.3) is 0 Å². The summed E-state index contributed by atoms with van der Waals surface area (Å²) in [5.74, 6) is 0. The normalized spacial score (nSPS) is 20.1. The van der Waals surface area contributed by atoms with Crippen molar-refractivity contribution in [2.45, 2.75) is 24.5 Å². The van der Waals surface area contributed by atoms with E-state index in [1.54, 1.807) is 10.8 Å². The van der Waals surface area contributed by atoms with Crippen LogP contribution < -0.4 is 18.9 Å². The summed E-state index contributed by atoms with van der Waals surface area (Å²) in [6.07, 6.45) is 4.15. The molecule has 0 aliphatic heterocycles. The quantitative estimate of drug-likeness (QED) is 0.244. The molecule has 0 saturated heterocycles. The molecule has 0 aromatic carbocycles. The van der Waals surface area contributed by atoms with Crippen molar-refractivity contribution < 1.29 is 18.9 Å². The molecule has 1 fully saturated rings. The second kappa shape index (κ2) is 4.20. The van der Waals surface area contributed by atoms with Gasteiger partial charge in [0.15, 0.2) is 0 Å². The summed E-state index contributed by atoms with van der Waals surface area (Å²) < 4.78 is 0. The Morgan fingerprint density at radius 2 is 2.00 bits per heavy atom. The van der Waals surface area contributed by atoms with E-state index < -0.39 is 0 Å². The van der Waals surface area contributed by atoms with Crippen LogP contribution in [0, 0.1) is 0 Å². The smallest absolute Gasteiger partial charge is 0.719 e.